The Morgan fingerprint density at radius 1 is 1.22 bits per heavy atom. The van der Waals surface area contributed by atoms with E-state index in [1.54, 1.807) is 6.92 Å². The summed E-state index contributed by atoms with van der Waals surface area (Å²) >= 11 is 0. The highest BCUT2D eigenvalue weighted by atomic mass is 32.2. The maximum Gasteiger partial charge on any atom is 0.412 e. The van der Waals surface area contributed by atoms with Crippen molar-refractivity contribution in [2.24, 2.45) is 0 Å². The predicted octanol–water partition coefficient (Wildman–Crippen LogP) is 1.86. The SMILES string of the molecule is CCCOC(=O)Nc1c([N+](=O)[O-])cc(S(C)(=O)=O)cc1[N+](=O)[O-]. The Morgan fingerprint density at radius 2 is 1.70 bits per heavy atom. The quantitative estimate of drug-likeness (QED) is 0.603. The molecule has 0 aliphatic carbocycles. The molecule has 0 fully saturated rings. The minimum Gasteiger partial charge on any atom is -0.449 e. The van der Waals surface area contributed by atoms with Crippen molar-refractivity contribution in [3.05, 3.63) is 32.4 Å². The number of nitrogens with one attached hydrogen (secondary N) is 1. The average Bonchev–Trinajstić information content (AvgIpc) is 2.43. The molecule has 1 N–H and O–H groups in total. The number of carbonyl (C=O) groups excluding carboxylic acids is 1. The summed E-state index contributed by atoms with van der Waals surface area (Å²) in [4.78, 5) is 31.0. The van der Waals surface area contributed by atoms with Gasteiger partial charge in [-0.15, -0.1) is 0 Å². The van der Waals surface area contributed by atoms with Crippen molar-refractivity contribution in [2.75, 3.05) is 18.2 Å². The molecule has 0 aliphatic rings. The zero-order chi connectivity index (χ0) is 17.8. The smallest absolute Gasteiger partial charge is 0.412 e. The minimum absolute atomic E-state index is 0.00878. The maximum absolute atomic E-state index is 11.5. The Kier molecular flexibility index (Phi) is 5.57. The van der Waals surface area contributed by atoms with E-state index in [9.17, 15) is 33.4 Å². The second-order valence-corrected chi connectivity index (χ2v) is 6.40. The van der Waals surface area contributed by atoms with Crippen LogP contribution in [0.3, 0.4) is 0 Å². The lowest BCUT2D eigenvalue weighted by molar-refractivity contribution is -0.392. The zero-order valence-corrected chi connectivity index (χ0v) is 13.0. The molecular weight excluding hydrogens is 334 g/mol. The first-order chi connectivity index (χ1) is 10.6. The van der Waals surface area contributed by atoms with Gasteiger partial charge in [-0.1, -0.05) is 6.92 Å². The second kappa shape index (κ2) is 7.00. The van der Waals surface area contributed by atoms with E-state index in [1.807, 2.05) is 5.32 Å². The maximum atomic E-state index is 11.5. The van der Waals surface area contributed by atoms with Gasteiger partial charge in [0.25, 0.3) is 0 Å². The zero-order valence-electron chi connectivity index (χ0n) is 12.1. The molecular formula is C11H13N3O8S. The molecule has 11 nitrogen and oxygen atoms in total. The molecule has 0 saturated heterocycles. The largest absolute Gasteiger partial charge is 0.449 e. The lowest BCUT2D eigenvalue weighted by atomic mass is 10.2. The number of carbonyl (C=O) groups is 1. The Morgan fingerprint density at radius 3 is 2.04 bits per heavy atom. The van der Waals surface area contributed by atoms with Crippen molar-refractivity contribution in [1.29, 1.82) is 0 Å². The molecule has 0 atom stereocenters. The number of anilines is 1. The van der Waals surface area contributed by atoms with Gasteiger partial charge in [0, 0.05) is 18.4 Å². The van der Waals surface area contributed by atoms with Crippen LogP contribution in [0.5, 0.6) is 0 Å². The van der Waals surface area contributed by atoms with Gasteiger partial charge in [-0.2, -0.15) is 0 Å². The van der Waals surface area contributed by atoms with E-state index in [4.69, 9.17) is 0 Å². The van der Waals surface area contributed by atoms with Gasteiger partial charge < -0.3 is 4.74 Å². The van der Waals surface area contributed by atoms with E-state index in [2.05, 4.69) is 4.74 Å². The van der Waals surface area contributed by atoms with Crippen LogP contribution in [0.2, 0.25) is 0 Å². The topological polar surface area (TPSA) is 159 Å². The first kappa shape index (κ1) is 18.3. The van der Waals surface area contributed by atoms with E-state index < -0.39 is 47.7 Å². The van der Waals surface area contributed by atoms with Crippen LogP contribution in [-0.4, -0.2) is 37.2 Å². The first-order valence-corrected chi connectivity index (χ1v) is 8.07. The number of ether oxygens (including phenoxy) is 1. The van der Waals surface area contributed by atoms with Crippen molar-refractivity contribution >= 4 is 33.0 Å². The van der Waals surface area contributed by atoms with Crippen molar-refractivity contribution in [2.45, 2.75) is 18.2 Å². The third-order valence-electron chi connectivity index (χ3n) is 2.56. The molecule has 1 aromatic carbocycles. The highest BCUT2D eigenvalue weighted by molar-refractivity contribution is 7.90. The first-order valence-electron chi connectivity index (χ1n) is 6.18. The van der Waals surface area contributed by atoms with Gasteiger partial charge >= 0.3 is 17.5 Å². The fraction of sp³-hybridized carbons (Fsp3) is 0.364. The summed E-state index contributed by atoms with van der Waals surface area (Å²) in [5, 5.41) is 24.1. The molecule has 1 amide bonds. The predicted molar refractivity (Wildman–Crippen MR) is 78.1 cm³/mol. The molecule has 23 heavy (non-hydrogen) atoms. The van der Waals surface area contributed by atoms with Gasteiger partial charge in [-0.3, -0.25) is 25.5 Å². The van der Waals surface area contributed by atoms with Crippen molar-refractivity contribution in [3.8, 4) is 0 Å². The number of hydrogen-bond acceptors (Lipinski definition) is 8. The monoisotopic (exact) mass is 347 g/mol. The lowest BCUT2D eigenvalue weighted by Crippen LogP contribution is -2.16. The summed E-state index contributed by atoms with van der Waals surface area (Å²) in [6.45, 7) is 1.72. The molecule has 0 aromatic heterocycles. The number of rotatable bonds is 6. The van der Waals surface area contributed by atoms with Gasteiger partial charge in [0.1, 0.15) is 0 Å². The number of hydrogen-bond donors (Lipinski definition) is 1. The summed E-state index contributed by atoms with van der Waals surface area (Å²) in [6, 6.07) is 1.27. The Balaban J connectivity index is 3.50. The standard InChI is InChI=1S/C11H13N3O8S/c1-3-4-22-11(15)12-10-8(13(16)17)5-7(23(2,20)21)6-9(10)14(18)19/h5-6H,3-4H2,1-2H3,(H,12,15). The lowest BCUT2D eigenvalue weighted by Gasteiger charge is -2.08. The average molecular weight is 347 g/mol. The molecule has 126 valence electrons. The number of benzene rings is 1. The van der Waals surface area contributed by atoms with Crippen LogP contribution < -0.4 is 5.32 Å². The Labute approximate surface area is 130 Å². The van der Waals surface area contributed by atoms with E-state index >= 15 is 0 Å². The molecule has 0 aliphatic heterocycles. The van der Waals surface area contributed by atoms with Crippen LogP contribution in [0.4, 0.5) is 21.9 Å². The summed E-state index contributed by atoms with van der Waals surface area (Å²) in [5.41, 5.74) is -2.59. The number of sulfone groups is 1. The molecule has 0 radical (unpaired) electrons. The van der Waals surface area contributed by atoms with E-state index in [0.29, 0.717) is 18.6 Å². The fourth-order valence-corrected chi connectivity index (χ4v) is 2.20. The number of nitrogens with zero attached hydrogens (tertiary/aromatic N) is 2. The van der Waals surface area contributed by atoms with Crippen molar-refractivity contribution in [3.63, 3.8) is 0 Å². The second-order valence-electron chi connectivity index (χ2n) is 4.38. The third-order valence-corrected chi connectivity index (χ3v) is 3.65. The van der Waals surface area contributed by atoms with Crippen LogP contribution in [0.1, 0.15) is 13.3 Å². The molecule has 0 spiro atoms. The molecule has 0 saturated carbocycles. The van der Waals surface area contributed by atoms with Gasteiger partial charge in [0.05, 0.1) is 21.3 Å². The summed E-state index contributed by atoms with van der Waals surface area (Å²) < 4.78 is 27.6. The van der Waals surface area contributed by atoms with Crippen LogP contribution in [0.25, 0.3) is 0 Å². The number of amides is 1. The van der Waals surface area contributed by atoms with Crippen LogP contribution in [0.15, 0.2) is 17.0 Å². The summed E-state index contributed by atoms with van der Waals surface area (Å²) in [6.07, 6.45) is 0.105. The minimum atomic E-state index is -3.93. The number of nitro groups is 2. The molecule has 0 heterocycles. The highest BCUT2D eigenvalue weighted by Gasteiger charge is 2.30. The van der Waals surface area contributed by atoms with E-state index in [1.165, 1.54) is 0 Å². The molecule has 0 unspecified atom stereocenters. The summed E-state index contributed by atoms with van der Waals surface area (Å²) in [5.74, 6) is 0. The highest BCUT2D eigenvalue weighted by Crippen LogP contribution is 2.37. The molecule has 0 bridgehead atoms. The van der Waals surface area contributed by atoms with Crippen molar-refractivity contribution < 1.29 is 27.8 Å². The van der Waals surface area contributed by atoms with E-state index in [0.717, 1.165) is 6.26 Å². The van der Waals surface area contributed by atoms with Crippen molar-refractivity contribution in [1.82, 2.24) is 0 Å². The van der Waals surface area contributed by atoms with Gasteiger partial charge in [0.2, 0.25) is 5.69 Å². The molecule has 1 aromatic rings. The van der Waals surface area contributed by atoms with Crippen LogP contribution in [0, 0.1) is 20.2 Å². The van der Waals surface area contributed by atoms with Crippen LogP contribution in [-0.2, 0) is 14.6 Å². The van der Waals surface area contributed by atoms with Gasteiger partial charge in [0.15, 0.2) is 9.84 Å². The third kappa shape index (κ3) is 4.60. The van der Waals surface area contributed by atoms with E-state index in [-0.39, 0.29) is 6.61 Å². The normalized spacial score (nSPS) is 10.9. The van der Waals surface area contributed by atoms with Crippen LogP contribution >= 0.6 is 0 Å². The fourth-order valence-electron chi connectivity index (χ4n) is 1.55. The summed E-state index contributed by atoms with van der Waals surface area (Å²) in [7, 11) is -3.93. The Bertz CT molecular complexity index is 724. The van der Waals surface area contributed by atoms with Gasteiger partial charge in [-0.05, 0) is 6.42 Å². The van der Waals surface area contributed by atoms with Gasteiger partial charge in [-0.25, -0.2) is 13.2 Å². The number of nitro benzene ring substituents is 2. The molecule has 12 heteroatoms. The Hall–Kier alpha value is -2.76. The molecule has 1 rings (SSSR count).